The predicted octanol–water partition coefficient (Wildman–Crippen LogP) is 2.73. The molecule has 0 amide bonds. The minimum Gasteiger partial charge on any atom is -0.457 e. The van der Waals surface area contributed by atoms with Crippen molar-refractivity contribution in [1.29, 1.82) is 0 Å². The average molecular weight is 222 g/mol. The summed E-state index contributed by atoms with van der Waals surface area (Å²) in [6.07, 6.45) is 1.44. The van der Waals surface area contributed by atoms with E-state index in [-0.39, 0.29) is 11.6 Å². The second-order valence-corrected chi connectivity index (χ2v) is 3.12. The third-order valence-electron chi connectivity index (χ3n) is 1.82. The van der Waals surface area contributed by atoms with Crippen LogP contribution in [-0.4, -0.2) is 4.98 Å². The first-order chi connectivity index (χ1) is 7.63. The van der Waals surface area contributed by atoms with Crippen LogP contribution in [0.4, 0.5) is 14.6 Å². The lowest BCUT2D eigenvalue weighted by atomic mass is 10.3. The SMILES string of the molecule is Nc1cc(Oc2cc(F)cc(F)c2)ccn1. The molecule has 82 valence electrons. The fourth-order valence-corrected chi connectivity index (χ4v) is 1.21. The summed E-state index contributed by atoms with van der Waals surface area (Å²) in [6, 6.07) is 5.94. The van der Waals surface area contributed by atoms with E-state index in [1.165, 1.54) is 12.3 Å². The summed E-state index contributed by atoms with van der Waals surface area (Å²) in [7, 11) is 0. The third-order valence-corrected chi connectivity index (χ3v) is 1.82. The molecule has 0 atom stereocenters. The van der Waals surface area contributed by atoms with Gasteiger partial charge in [-0.15, -0.1) is 0 Å². The second-order valence-electron chi connectivity index (χ2n) is 3.12. The Morgan fingerprint density at radius 2 is 1.69 bits per heavy atom. The molecule has 2 N–H and O–H groups in total. The molecule has 0 saturated carbocycles. The smallest absolute Gasteiger partial charge is 0.133 e. The van der Waals surface area contributed by atoms with Crippen LogP contribution >= 0.6 is 0 Å². The fourth-order valence-electron chi connectivity index (χ4n) is 1.21. The summed E-state index contributed by atoms with van der Waals surface area (Å²) in [5.41, 5.74) is 5.43. The lowest BCUT2D eigenvalue weighted by Gasteiger charge is -2.05. The first-order valence-corrected chi connectivity index (χ1v) is 4.49. The molecular formula is C11H8F2N2O. The van der Waals surface area contributed by atoms with Crippen molar-refractivity contribution in [2.75, 3.05) is 5.73 Å². The van der Waals surface area contributed by atoms with Crippen LogP contribution < -0.4 is 10.5 Å². The van der Waals surface area contributed by atoms with Gasteiger partial charge in [0.05, 0.1) is 0 Å². The Morgan fingerprint density at radius 1 is 1.00 bits per heavy atom. The molecule has 0 bridgehead atoms. The molecule has 16 heavy (non-hydrogen) atoms. The van der Waals surface area contributed by atoms with Crippen molar-refractivity contribution in [3.8, 4) is 11.5 Å². The van der Waals surface area contributed by atoms with Gasteiger partial charge in [-0.1, -0.05) is 0 Å². The molecule has 1 aromatic carbocycles. The standard InChI is InChI=1S/C11H8F2N2O/c12-7-3-8(13)5-10(4-7)16-9-1-2-15-11(14)6-9/h1-6H,(H2,14,15). The van der Waals surface area contributed by atoms with E-state index in [4.69, 9.17) is 10.5 Å². The minimum absolute atomic E-state index is 0.0723. The molecular weight excluding hydrogens is 214 g/mol. The van der Waals surface area contributed by atoms with Gasteiger partial charge in [-0.05, 0) is 6.07 Å². The molecule has 2 aromatic rings. The van der Waals surface area contributed by atoms with Crippen molar-refractivity contribution >= 4 is 5.82 Å². The maximum atomic E-state index is 12.9. The highest BCUT2D eigenvalue weighted by molar-refractivity contribution is 5.38. The Kier molecular flexibility index (Phi) is 2.68. The number of ether oxygens (including phenoxy) is 1. The van der Waals surface area contributed by atoms with Crippen LogP contribution in [0.2, 0.25) is 0 Å². The number of hydrogen-bond acceptors (Lipinski definition) is 3. The van der Waals surface area contributed by atoms with E-state index in [1.54, 1.807) is 6.07 Å². The summed E-state index contributed by atoms with van der Waals surface area (Å²) in [6.45, 7) is 0. The van der Waals surface area contributed by atoms with Crippen molar-refractivity contribution in [3.05, 3.63) is 48.2 Å². The van der Waals surface area contributed by atoms with Crippen LogP contribution in [0.25, 0.3) is 0 Å². The summed E-state index contributed by atoms with van der Waals surface area (Å²) in [5, 5.41) is 0. The number of nitrogens with zero attached hydrogens (tertiary/aromatic N) is 1. The number of halogens is 2. The van der Waals surface area contributed by atoms with Crippen molar-refractivity contribution in [2.24, 2.45) is 0 Å². The number of nitrogens with two attached hydrogens (primary N) is 1. The van der Waals surface area contributed by atoms with Gasteiger partial charge in [-0.3, -0.25) is 0 Å². The van der Waals surface area contributed by atoms with E-state index in [0.29, 0.717) is 5.75 Å². The molecule has 1 heterocycles. The van der Waals surface area contributed by atoms with Gasteiger partial charge in [0.15, 0.2) is 0 Å². The highest BCUT2D eigenvalue weighted by Gasteiger charge is 2.03. The molecule has 0 saturated heterocycles. The molecule has 0 fully saturated rings. The number of anilines is 1. The van der Waals surface area contributed by atoms with E-state index in [2.05, 4.69) is 4.98 Å². The lowest BCUT2D eigenvalue weighted by molar-refractivity contribution is 0.468. The molecule has 5 heteroatoms. The van der Waals surface area contributed by atoms with Crippen LogP contribution in [-0.2, 0) is 0 Å². The monoisotopic (exact) mass is 222 g/mol. The third kappa shape index (κ3) is 2.44. The number of pyridine rings is 1. The molecule has 0 spiro atoms. The van der Waals surface area contributed by atoms with Crippen molar-refractivity contribution in [3.63, 3.8) is 0 Å². The van der Waals surface area contributed by atoms with E-state index in [0.717, 1.165) is 18.2 Å². The van der Waals surface area contributed by atoms with E-state index >= 15 is 0 Å². The number of hydrogen-bond donors (Lipinski definition) is 1. The van der Waals surface area contributed by atoms with Gasteiger partial charge in [0, 0.05) is 30.5 Å². The van der Waals surface area contributed by atoms with Crippen molar-refractivity contribution in [2.45, 2.75) is 0 Å². The molecule has 0 radical (unpaired) electrons. The molecule has 0 aliphatic heterocycles. The van der Waals surface area contributed by atoms with Crippen LogP contribution in [0.5, 0.6) is 11.5 Å². The Morgan fingerprint density at radius 3 is 2.31 bits per heavy atom. The highest BCUT2D eigenvalue weighted by atomic mass is 19.1. The summed E-state index contributed by atoms with van der Waals surface area (Å²) in [4.78, 5) is 3.77. The zero-order valence-electron chi connectivity index (χ0n) is 8.15. The average Bonchev–Trinajstić information content (AvgIpc) is 2.15. The van der Waals surface area contributed by atoms with Crippen LogP contribution in [0.3, 0.4) is 0 Å². The van der Waals surface area contributed by atoms with Crippen LogP contribution in [0.15, 0.2) is 36.5 Å². The Hall–Kier alpha value is -2.17. The number of benzene rings is 1. The van der Waals surface area contributed by atoms with Crippen molar-refractivity contribution in [1.82, 2.24) is 4.98 Å². The molecule has 2 rings (SSSR count). The molecule has 0 unspecified atom stereocenters. The Balaban J connectivity index is 2.27. The zero-order valence-corrected chi connectivity index (χ0v) is 8.15. The summed E-state index contributed by atoms with van der Waals surface area (Å²) >= 11 is 0. The van der Waals surface area contributed by atoms with Crippen molar-refractivity contribution < 1.29 is 13.5 Å². The molecule has 1 aromatic heterocycles. The highest BCUT2D eigenvalue weighted by Crippen LogP contribution is 2.23. The number of aromatic nitrogens is 1. The van der Waals surface area contributed by atoms with Gasteiger partial charge in [0.1, 0.15) is 29.0 Å². The summed E-state index contributed by atoms with van der Waals surface area (Å²) in [5.74, 6) is -0.677. The van der Waals surface area contributed by atoms with Crippen LogP contribution in [0, 0.1) is 11.6 Å². The fraction of sp³-hybridized carbons (Fsp3) is 0. The number of rotatable bonds is 2. The molecule has 0 aliphatic rings. The summed E-state index contributed by atoms with van der Waals surface area (Å²) < 4.78 is 30.9. The number of nitrogen functional groups attached to an aromatic ring is 1. The topological polar surface area (TPSA) is 48.1 Å². The normalized spacial score (nSPS) is 10.1. The van der Waals surface area contributed by atoms with Crippen LogP contribution in [0.1, 0.15) is 0 Å². The first-order valence-electron chi connectivity index (χ1n) is 4.49. The van der Waals surface area contributed by atoms with Gasteiger partial charge >= 0.3 is 0 Å². The van der Waals surface area contributed by atoms with Gasteiger partial charge in [0.2, 0.25) is 0 Å². The predicted molar refractivity (Wildman–Crippen MR) is 55.1 cm³/mol. The lowest BCUT2D eigenvalue weighted by Crippen LogP contribution is -1.91. The molecule has 0 aliphatic carbocycles. The first kappa shape index (κ1) is 10.4. The Bertz CT molecular complexity index is 497. The van der Waals surface area contributed by atoms with E-state index in [1.807, 2.05) is 0 Å². The maximum absolute atomic E-state index is 12.9. The maximum Gasteiger partial charge on any atom is 0.133 e. The minimum atomic E-state index is -0.697. The second kappa shape index (κ2) is 4.14. The largest absolute Gasteiger partial charge is 0.457 e. The van der Waals surface area contributed by atoms with Gasteiger partial charge < -0.3 is 10.5 Å². The van der Waals surface area contributed by atoms with E-state index in [9.17, 15) is 8.78 Å². The zero-order chi connectivity index (χ0) is 11.5. The van der Waals surface area contributed by atoms with E-state index < -0.39 is 11.6 Å². The van der Waals surface area contributed by atoms with Gasteiger partial charge in [-0.25, -0.2) is 13.8 Å². The van der Waals surface area contributed by atoms with Gasteiger partial charge in [0.25, 0.3) is 0 Å². The van der Waals surface area contributed by atoms with Gasteiger partial charge in [-0.2, -0.15) is 0 Å². The molecule has 3 nitrogen and oxygen atoms in total. The quantitative estimate of drug-likeness (QED) is 0.849. The Labute approximate surface area is 90.5 Å².